The van der Waals surface area contributed by atoms with Crippen LogP contribution in [0.3, 0.4) is 0 Å². The number of Topliss-reactive ketones (excluding diaryl/α,β-unsaturated/α-hetero) is 1. The Morgan fingerprint density at radius 3 is 2.56 bits per heavy atom. The molecule has 0 aliphatic carbocycles. The van der Waals surface area contributed by atoms with Crippen molar-refractivity contribution in [2.45, 2.75) is 44.4 Å². The molecule has 0 bridgehead atoms. The van der Waals surface area contributed by atoms with Gasteiger partial charge in [-0.15, -0.1) is 11.3 Å². The third-order valence-electron chi connectivity index (χ3n) is 6.13. The van der Waals surface area contributed by atoms with Crippen molar-refractivity contribution in [2.75, 3.05) is 11.9 Å². The summed E-state index contributed by atoms with van der Waals surface area (Å²) in [4.78, 5) is 34.1. The second-order valence-electron chi connectivity index (χ2n) is 8.53. The number of nitrogens with one attached hydrogen (secondary N) is 1. The fraction of sp³-hybridized carbons (Fsp3) is 0.296. The van der Waals surface area contributed by atoms with Gasteiger partial charge in [0, 0.05) is 35.2 Å². The van der Waals surface area contributed by atoms with Gasteiger partial charge in [-0.05, 0) is 37.3 Å². The SMILES string of the molecule is CC(NC(=O)CCCc1cccs1)C(=O)C1N=C(c2ccccc2)c2ccccc2N(C)[C@@H]1N. The van der Waals surface area contributed by atoms with E-state index in [1.165, 1.54) is 4.88 Å². The molecule has 2 unspecified atom stereocenters. The van der Waals surface area contributed by atoms with Crippen LogP contribution in [0.25, 0.3) is 0 Å². The van der Waals surface area contributed by atoms with Gasteiger partial charge in [0.15, 0.2) is 5.78 Å². The number of nitrogens with two attached hydrogens (primary N) is 1. The van der Waals surface area contributed by atoms with Gasteiger partial charge in [-0.25, -0.2) is 0 Å². The van der Waals surface area contributed by atoms with Gasteiger partial charge in [0.1, 0.15) is 12.2 Å². The number of para-hydroxylation sites is 1. The maximum atomic E-state index is 13.5. The Morgan fingerprint density at radius 2 is 1.82 bits per heavy atom. The Labute approximate surface area is 204 Å². The topological polar surface area (TPSA) is 87.8 Å². The third kappa shape index (κ3) is 5.26. The number of amides is 1. The van der Waals surface area contributed by atoms with Crippen LogP contribution in [0, 0.1) is 0 Å². The molecule has 1 aromatic heterocycles. The molecule has 2 heterocycles. The van der Waals surface area contributed by atoms with Crippen LogP contribution < -0.4 is 16.0 Å². The molecule has 4 rings (SSSR count). The summed E-state index contributed by atoms with van der Waals surface area (Å²) in [6.07, 6.45) is 1.31. The number of aliphatic imine (C=N–C) groups is 1. The number of hydrogen-bond acceptors (Lipinski definition) is 6. The lowest BCUT2D eigenvalue weighted by molar-refractivity contribution is -0.128. The van der Waals surface area contributed by atoms with Crippen molar-refractivity contribution < 1.29 is 9.59 Å². The van der Waals surface area contributed by atoms with Crippen LogP contribution in [0.15, 0.2) is 77.1 Å². The van der Waals surface area contributed by atoms with Crippen LogP contribution >= 0.6 is 11.3 Å². The molecular weight excluding hydrogens is 444 g/mol. The number of fused-ring (bicyclic) bond motifs is 1. The zero-order valence-electron chi connectivity index (χ0n) is 19.5. The molecule has 7 heteroatoms. The molecule has 34 heavy (non-hydrogen) atoms. The maximum absolute atomic E-state index is 13.5. The van der Waals surface area contributed by atoms with Crippen molar-refractivity contribution in [3.05, 3.63) is 88.1 Å². The Balaban J connectivity index is 1.53. The van der Waals surface area contributed by atoms with Crippen molar-refractivity contribution in [2.24, 2.45) is 10.7 Å². The highest BCUT2D eigenvalue weighted by molar-refractivity contribution is 7.09. The van der Waals surface area contributed by atoms with Gasteiger partial charge in [-0.1, -0.05) is 54.6 Å². The Hall–Kier alpha value is -3.29. The number of nitrogens with zero attached hydrogens (tertiary/aromatic N) is 2. The predicted octanol–water partition coefficient (Wildman–Crippen LogP) is 3.79. The molecule has 0 fully saturated rings. The Kier molecular flexibility index (Phi) is 7.55. The first kappa shape index (κ1) is 23.9. The largest absolute Gasteiger partial charge is 0.356 e. The zero-order valence-corrected chi connectivity index (χ0v) is 20.3. The maximum Gasteiger partial charge on any atom is 0.220 e. The molecule has 1 aliphatic rings. The number of aryl methyl sites for hydroxylation is 1. The summed E-state index contributed by atoms with van der Waals surface area (Å²) in [6.45, 7) is 1.71. The molecule has 0 saturated heterocycles. The summed E-state index contributed by atoms with van der Waals surface area (Å²) in [6, 6.07) is 20.3. The minimum atomic E-state index is -0.825. The molecule has 0 spiro atoms. The number of thiophene rings is 1. The fourth-order valence-electron chi connectivity index (χ4n) is 4.22. The van der Waals surface area contributed by atoms with Crippen LogP contribution in [0.2, 0.25) is 0 Å². The van der Waals surface area contributed by atoms with Crippen molar-refractivity contribution in [1.82, 2.24) is 5.32 Å². The van der Waals surface area contributed by atoms with Gasteiger partial charge in [-0.2, -0.15) is 0 Å². The summed E-state index contributed by atoms with van der Waals surface area (Å²) in [5.41, 5.74) is 10.0. The zero-order chi connectivity index (χ0) is 24.1. The molecule has 2 aromatic carbocycles. The molecular formula is C27H30N4O2S. The second-order valence-corrected chi connectivity index (χ2v) is 9.56. The highest BCUT2D eigenvalue weighted by Crippen LogP contribution is 2.29. The first-order chi connectivity index (χ1) is 16.5. The second kappa shape index (κ2) is 10.8. The van der Waals surface area contributed by atoms with E-state index in [1.54, 1.807) is 18.3 Å². The molecule has 1 aliphatic heterocycles. The van der Waals surface area contributed by atoms with Crippen LogP contribution in [-0.2, 0) is 16.0 Å². The van der Waals surface area contributed by atoms with Crippen LogP contribution in [0.4, 0.5) is 5.69 Å². The lowest BCUT2D eigenvalue weighted by Gasteiger charge is -2.30. The van der Waals surface area contributed by atoms with Gasteiger partial charge >= 0.3 is 0 Å². The first-order valence-corrected chi connectivity index (χ1v) is 12.4. The van der Waals surface area contributed by atoms with Gasteiger partial charge in [0.25, 0.3) is 0 Å². The molecule has 0 radical (unpaired) electrons. The van der Waals surface area contributed by atoms with E-state index >= 15 is 0 Å². The van der Waals surface area contributed by atoms with Crippen LogP contribution in [0.1, 0.15) is 35.8 Å². The number of benzodiazepines with no additional fused rings is 1. The van der Waals surface area contributed by atoms with Crippen molar-refractivity contribution >= 4 is 34.4 Å². The number of likely N-dealkylation sites (N-methyl/N-ethyl adjacent to an activating group) is 1. The van der Waals surface area contributed by atoms with E-state index in [-0.39, 0.29) is 11.7 Å². The lowest BCUT2D eigenvalue weighted by Crippen LogP contribution is -2.54. The van der Waals surface area contributed by atoms with Crippen LogP contribution in [-0.4, -0.2) is 42.7 Å². The fourth-order valence-corrected chi connectivity index (χ4v) is 4.97. The molecule has 3 atom stereocenters. The minimum Gasteiger partial charge on any atom is -0.356 e. The van der Waals surface area contributed by atoms with E-state index in [0.29, 0.717) is 6.42 Å². The van der Waals surface area contributed by atoms with Gasteiger partial charge in [-0.3, -0.25) is 14.6 Å². The molecule has 3 aromatic rings. The van der Waals surface area contributed by atoms with E-state index in [1.807, 2.05) is 78.0 Å². The van der Waals surface area contributed by atoms with Crippen molar-refractivity contribution in [3.63, 3.8) is 0 Å². The smallest absolute Gasteiger partial charge is 0.220 e. The molecule has 3 N–H and O–H groups in total. The average Bonchev–Trinajstić information content (AvgIpc) is 3.34. The molecule has 1 amide bonds. The number of hydrogen-bond donors (Lipinski definition) is 2. The first-order valence-electron chi connectivity index (χ1n) is 11.5. The van der Waals surface area contributed by atoms with E-state index in [9.17, 15) is 9.59 Å². The number of rotatable bonds is 8. The number of carbonyl (C=O) groups is 2. The average molecular weight is 475 g/mol. The van der Waals surface area contributed by atoms with E-state index in [2.05, 4.69) is 11.4 Å². The quantitative estimate of drug-likeness (QED) is 0.520. The highest BCUT2D eigenvalue weighted by Gasteiger charge is 2.36. The Morgan fingerprint density at radius 1 is 1.09 bits per heavy atom. The van der Waals surface area contributed by atoms with E-state index in [0.717, 1.165) is 35.4 Å². The van der Waals surface area contributed by atoms with Crippen molar-refractivity contribution in [3.8, 4) is 0 Å². The normalized spacial score (nSPS) is 18.4. The van der Waals surface area contributed by atoms with Crippen LogP contribution in [0.5, 0.6) is 0 Å². The predicted molar refractivity (Wildman–Crippen MR) is 139 cm³/mol. The summed E-state index contributed by atoms with van der Waals surface area (Å²) in [7, 11) is 1.88. The molecule has 0 saturated carbocycles. The number of anilines is 1. The highest BCUT2D eigenvalue weighted by atomic mass is 32.1. The van der Waals surface area contributed by atoms with Crippen molar-refractivity contribution in [1.29, 1.82) is 0 Å². The molecule has 176 valence electrons. The monoisotopic (exact) mass is 474 g/mol. The van der Waals surface area contributed by atoms with Gasteiger partial charge in [0.05, 0.1) is 11.8 Å². The summed E-state index contributed by atoms with van der Waals surface area (Å²) < 4.78 is 0. The van der Waals surface area contributed by atoms with Gasteiger partial charge in [0.2, 0.25) is 5.91 Å². The minimum absolute atomic E-state index is 0.136. The summed E-state index contributed by atoms with van der Waals surface area (Å²) >= 11 is 1.69. The van der Waals surface area contributed by atoms with E-state index < -0.39 is 18.2 Å². The number of ketones is 1. The number of carbonyl (C=O) groups excluding carboxylic acids is 2. The lowest BCUT2D eigenvalue weighted by atomic mass is 10.00. The standard InChI is InChI=1S/C27H30N4O2S/c1-18(29-23(32)16-8-12-20-13-9-17-34-20)26(33)25-27(28)31(2)22-15-7-6-14-21(22)24(30-25)19-10-4-3-5-11-19/h3-7,9-11,13-15,17-18,25,27H,8,12,16,28H2,1-2H3,(H,29,32)/t18?,25?,27-/m0/s1. The molecule has 6 nitrogen and oxygen atoms in total. The summed E-state index contributed by atoms with van der Waals surface area (Å²) in [5, 5.41) is 4.89. The van der Waals surface area contributed by atoms with E-state index in [4.69, 9.17) is 10.7 Å². The Bertz CT molecular complexity index is 1160. The third-order valence-corrected chi connectivity index (χ3v) is 7.06. The number of benzene rings is 2. The van der Waals surface area contributed by atoms with Gasteiger partial charge < -0.3 is 16.0 Å². The summed E-state index contributed by atoms with van der Waals surface area (Å²) in [5.74, 6) is -0.337.